The van der Waals surface area contributed by atoms with Crippen LogP contribution >= 0.6 is 34.2 Å². The van der Waals surface area contributed by atoms with E-state index in [4.69, 9.17) is 11.6 Å². The van der Waals surface area contributed by atoms with Crippen LogP contribution in [0.25, 0.3) is 0 Å². The standard InChI is InChI=1S/C14H15ClIN3O/c1-9(2)7-19-14(17-8-18-19)6-13(20)10-3-4-12(16)11(15)5-10/h3-5,8-9H,6-7H2,1-2H3. The molecule has 0 fully saturated rings. The Hall–Kier alpha value is -0.950. The molecule has 0 spiro atoms. The highest BCUT2D eigenvalue weighted by molar-refractivity contribution is 14.1. The lowest BCUT2D eigenvalue weighted by Gasteiger charge is -2.08. The van der Waals surface area contributed by atoms with Crippen LogP contribution in [0.5, 0.6) is 0 Å². The lowest BCUT2D eigenvalue weighted by Crippen LogP contribution is -2.14. The van der Waals surface area contributed by atoms with E-state index in [9.17, 15) is 4.79 Å². The quantitative estimate of drug-likeness (QED) is 0.566. The third-order valence-electron chi connectivity index (χ3n) is 2.79. The smallest absolute Gasteiger partial charge is 0.170 e. The van der Waals surface area contributed by atoms with Crippen molar-refractivity contribution in [2.24, 2.45) is 5.92 Å². The lowest BCUT2D eigenvalue weighted by molar-refractivity contribution is 0.0989. The van der Waals surface area contributed by atoms with E-state index in [1.807, 2.05) is 6.07 Å². The van der Waals surface area contributed by atoms with E-state index in [2.05, 4.69) is 46.5 Å². The summed E-state index contributed by atoms with van der Waals surface area (Å²) < 4.78 is 2.72. The fourth-order valence-corrected chi connectivity index (χ4v) is 2.35. The van der Waals surface area contributed by atoms with E-state index in [-0.39, 0.29) is 12.2 Å². The van der Waals surface area contributed by atoms with Gasteiger partial charge in [-0.2, -0.15) is 5.10 Å². The fraction of sp³-hybridized carbons (Fsp3) is 0.357. The normalized spacial score (nSPS) is 11.1. The summed E-state index contributed by atoms with van der Waals surface area (Å²) in [6.45, 7) is 4.97. The zero-order valence-electron chi connectivity index (χ0n) is 11.3. The highest BCUT2D eigenvalue weighted by Gasteiger charge is 2.14. The Balaban J connectivity index is 2.15. The first-order chi connectivity index (χ1) is 9.47. The first-order valence-corrected chi connectivity index (χ1v) is 7.78. The first-order valence-electron chi connectivity index (χ1n) is 6.32. The van der Waals surface area contributed by atoms with E-state index in [0.717, 1.165) is 10.1 Å². The molecule has 0 aliphatic rings. The minimum Gasteiger partial charge on any atom is -0.294 e. The molecule has 1 aromatic carbocycles. The van der Waals surface area contributed by atoms with Crippen molar-refractivity contribution in [2.75, 3.05) is 0 Å². The van der Waals surface area contributed by atoms with Gasteiger partial charge in [0.1, 0.15) is 12.2 Å². The van der Waals surface area contributed by atoms with Crippen molar-refractivity contribution >= 4 is 40.0 Å². The number of carbonyl (C=O) groups is 1. The molecule has 2 aromatic rings. The van der Waals surface area contributed by atoms with Crippen molar-refractivity contribution in [1.29, 1.82) is 0 Å². The minimum absolute atomic E-state index is 0.00121. The number of carbonyl (C=O) groups excluding carboxylic acids is 1. The molecule has 0 radical (unpaired) electrons. The number of nitrogens with zero attached hydrogens (tertiary/aromatic N) is 3. The van der Waals surface area contributed by atoms with E-state index < -0.39 is 0 Å². The molecule has 0 aliphatic carbocycles. The van der Waals surface area contributed by atoms with Gasteiger partial charge in [0.05, 0.1) is 11.4 Å². The molecule has 1 aromatic heterocycles. The van der Waals surface area contributed by atoms with Crippen molar-refractivity contribution in [1.82, 2.24) is 14.8 Å². The van der Waals surface area contributed by atoms with Crippen LogP contribution in [-0.2, 0) is 13.0 Å². The van der Waals surface area contributed by atoms with Gasteiger partial charge < -0.3 is 0 Å². The molecule has 0 N–H and O–H groups in total. The van der Waals surface area contributed by atoms with Gasteiger partial charge in [-0.1, -0.05) is 31.5 Å². The Morgan fingerprint density at radius 3 is 2.85 bits per heavy atom. The molecule has 0 saturated carbocycles. The second kappa shape index (κ2) is 6.67. The highest BCUT2D eigenvalue weighted by Crippen LogP contribution is 2.20. The number of Topliss-reactive ketones (excluding diaryl/α,β-unsaturated/α-hetero) is 1. The molecule has 2 rings (SSSR count). The van der Waals surface area contributed by atoms with Crippen molar-refractivity contribution in [3.05, 3.63) is 44.5 Å². The van der Waals surface area contributed by atoms with Crippen LogP contribution in [0, 0.1) is 9.49 Å². The van der Waals surface area contributed by atoms with Crippen molar-refractivity contribution in [2.45, 2.75) is 26.8 Å². The summed E-state index contributed by atoms with van der Waals surface area (Å²) in [5.74, 6) is 1.15. The number of halogens is 2. The molecule has 0 bridgehead atoms. The summed E-state index contributed by atoms with van der Waals surface area (Å²) in [6.07, 6.45) is 1.73. The molecule has 0 amide bonds. The fourth-order valence-electron chi connectivity index (χ4n) is 1.84. The predicted octanol–water partition coefficient (Wildman–Crippen LogP) is 3.62. The van der Waals surface area contributed by atoms with Gasteiger partial charge in [0.2, 0.25) is 0 Å². The second-order valence-corrected chi connectivity index (χ2v) is 6.55. The van der Waals surface area contributed by atoms with Crippen LogP contribution < -0.4 is 0 Å². The van der Waals surface area contributed by atoms with E-state index >= 15 is 0 Å². The summed E-state index contributed by atoms with van der Waals surface area (Å²) in [6, 6.07) is 5.34. The Kier molecular flexibility index (Phi) is 5.15. The predicted molar refractivity (Wildman–Crippen MR) is 87.1 cm³/mol. The highest BCUT2D eigenvalue weighted by atomic mass is 127. The summed E-state index contributed by atoms with van der Waals surface area (Å²) in [5.41, 5.74) is 0.606. The third kappa shape index (κ3) is 3.79. The van der Waals surface area contributed by atoms with Gasteiger partial charge >= 0.3 is 0 Å². The molecule has 106 valence electrons. The third-order valence-corrected chi connectivity index (χ3v) is 4.37. The average Bonchev–Trinajstić information content (AvgIpc) is 2.79. The number of benzene rings is 1. The Labute approximate surface area is 136 Å². The topological polar surface area (TPSA) is 47.8 Å². The number of aromatic nitrogens is 3. The van der Waals surface area contributed by atoms with Gasteiger partial charge in [0.15, 0.2) is 5.78 Å². The van der Waals surface area contributed by atoms with Crippen LogP contribution in [0.1, 0.15) is 30.0 Å². The number of ketones is 1. The van der Waals surface area contributed by atoms with E-state index in [1.54, 1.807) is 16.8 Å². The summed E-state index contributed by atoms with van der Waals surface area (Å²) >= 11 is 8.18. The molecular formula is C14H15ClIN3O. The van der Waals surface area contributed by atoms with Crippen molar-refractivity contribution in [3.63, 3.8) is 0 Å². The van der Waals surface area contributed by atoms with Crippen LogP contribution in [0.15, 0.2) is 24.5 Å². The molecule has 1 heterocycles. The zero-order valence-corrected chi connectivity index (χ0v) is 14.2. The van der Waals surface area contributed by atoms with E-state index in [1.165, 1.54) is 6.33 Å². The van der Waals surface area contributed by atoms with Gasteiger partial charge in [-0.3, -0.25) is 4.79 Å². The molecule has 0 aliphatic heterocycles. The molecule has 0 saturated heterocycles. The summed E-state index contributed by atoms with van der Waals surface area (Å²) in [7, 11) is 0. The van der Waals surface area contributed by atoms with Crippen LogP contribution in [-0.4, -0.2) is 20.5 Å². The van der Waals surface area contributed by atoms with Gasteiger partial charge in [-0.05, 0) is 40.6 Å². The van der Waals surface area contributed by atoms with E-state index in [0.29, 0.717) is 22.3 Å². The van der Waals surface area contributed by atoms with Crippen LogP contribution in [0.3, 0.4) is 0 Å². The number of rotatable bonds is 5. The maximum atomic E-state index is 12.3. The molecule has 0 unspecified atom stereocenters. The van der Waals surface area contributed by atoms with Crippen LogP contribution in [0.2, 0.25) is 5.02 Å². The monoisotopic (exact) mass is 403 g/mol. The summed E-state index contributed by atoms with van der Waals surface area (Å²) in [4.78, 5) is 16.4. The van der Waals surface area contributed by atoms with Gasteiger partial charge in [-0.25, -0.2) is 9.67 Å². The maximum Gasteiger partial charge on any atom is 0.170 e. The molecule has 0 atom stereocenters. The molecule has 6 heteroatoms. The minimum atomic E-state index is 0.00121. The SMILES string of the molecule is CC(C)Cn1ncnc1CC(=O)c1ccc(I)c(Cl)c1. The maximum absolute atomic E-state index is 12.3. The zero-order chi connectivity index (χ0) is 14.7. The largest absolute Gasteiger partial charge is 0.294 e. The second-order valence-electron chi connectivity index (χ2n) is 4.98. The van der Waals surface area contributed by atoms with Crippen LogP contribution in [0.4, 0.5) is 0 Å². The number of hydrogen-bond donors (Lipinski definition) is 0. The number of hydrogen-bond acceptors (Lipinski definition) is 3. The van der Waals surface area contributed by atoms with Gasteiger partial charge in [-0.15, -0.1) is 0 Å². The van der Waals surface area contributed by atoms with Gasteiger partial charge in [0.25, 0.3) is 0 Å². The van der Waals surface area contributed by atoms with Crippen molar-refractivity contribution < 1.29 is 4.79 Å². The molecule has 20 heavy (non-hydrogen) atoms. The Morgan fingerprint density at radius 1 is 1.45 bits per heavy atom. The average molecular weight is 404 g/mol. The van der Waals surface area contributed by atoms with Crippen molar-refractivity contribution in [3.8, 4) is 0 Å². The Morgan fingerprint density at radius 2 is 2.20 bits per heavy atom. The first kappa shape index (κ1) is 15.4. The van der Waals surface area contributed by atoms with Gasteiger partial charge in [0, 0.05) is 15.7 Å². The molecular weight excluding hydrogens is 389 g/mol. The lowest BCUT2D eigenvalue weighted by atomic mass is 10.1. The molecule has 4 nitrogen and oxygen atoms in total. The Bertz CT molecular complexity index is 625. The summed E-state index contributed by atoms with van der Waals surface area (Å²) in [5, 5.41) is 4.76.